The van der Waals surface area contributed by atoms with Crippen LogP contribution in [0.2, 0.25) is 0 Å². The number of nitrogens with one attached hydrogen (secondary N) is 2. The van der Waals surface area contributed by atoms with Crippen molar-refractivity contribution in [2.24, 2.45) is 0 Å². The summed E-state index contributed by atoms with van der Waals surface area (Å²) in [4.78, 5) is 22.3. The minimum atomic E-state index is -0.518. The van der Waals surface area contributed by atoms with Crippen LogP contribution in [0.5, 0.6) is 0 Å². The van der Waals surface area contributed by atoms with Gasteiger partial charge in [-0.1, -0.05) is 43.3 Å². The van der Waals surface area contributed by atoms with Gasteiger partial charge in [-0.25, -0.2) is 4.79 Å². The van der Waals surface area contributed by atoms with Gasteiger partial charge in [0, 0.05) is 18.7 Å². The fourth-order valence-electron chi connectivity index (χ4n) is 2.39. The first-order valence-electron chi connectivity index (χ1n) is 8.01. The first-order chi connectivity index (χ1) is 12.0. The summed E-state index contributed by atoms with van der Waals surface area (Å²) in [5.41, 5.74) is 2.59. The molecule has 132 valence electrons. The zero-order valence-corrected chi connectivity index (χ0v) is 13.9. The molecule has 0 aliphatic heterocycles. The lowest BCUT2D eigenvalue weighted by Crippen LogP contribution is -2.38. The van der Waals surface area contributed by atoms with Gasteiger partial charge in [0.1, 0.15) is 0 Å². The SMILES string of the molecule is CCc1ccc(C(CO)NC(=O)NCc2cccc([N+](=O)[O-])c2)cc1. The molecule has 0 saturated carbocycles. The van der Waals surface area contributed by atoms with Crippen LogP contribution in [0, 0.1) is 10.1 Å². The molecule has 0 heterocycles. The van der Waals surface area contributed by atoms with Gasteiger partial charge in [0.25, 0.3) is 5.69 Å². The highest BCUT2D eigenvalue weighted by molar-refractivity contribution is 5.74. The zero-order chi connectivity index (χ0) is 18.2. The number of nitro benzene ring substituents is 1. The highest BCUT2D eigenvalue weighted by Crippen LogP contribution is 2.15. The maximum absolute atomic E-state index is 12.0. The molecule has 7 nitrogen and oxygen atoms in total. The molecule has 0 aliphatic rings. The summed E-state index contributed by atoms with van der Waals surface area (Å²) in [5, 5.41) is 25.6. The van der Waals surface area contributed by atoms with Crippen LogP contribution in [0.15, 0.2) is 48.5 Å². The third-order valence-corrected chi connectivity index (χ3v) is 3.85. The standard InChI is InChI=1S/C18H21N3O4/c1-2-13-6-8-15(9-7-13)17(12-22)20-18(23)19-11-14-4-3-5-16(10-14)21(24)25/h3-10,17,22H,2,11-12H2,1H3,(H2,19,20,23). The summed E-state index contributed by atoms with van der Waals surface area (Å²) in [6.45, 7) is 1.98. The molecule has 2 aromatic carbocycles. The Labute approximate surface area is 145 Å². The van der Waals surface area contributed by atoms with E-state index in [4.69, 9.17) is 0 Å². The molecule has 0 spiro atoms. The van der Waals surface area contributed by atoms with Crippen LogP contribution in [0.25, 0.3) is 0 Å². The molecule has 3 N–H and O–H groups in total. The number of carbonyl (C=O) groups excluding carboxylic acids is 1. The van der Waals surface area contributed by atoms with E-state index in [-0.39, 0.29) is 18.8 Å². The van der Waals surface area contributed by atoms with Crippen molar-refractivity contribution in [1.82, 2.24) is 10.6 Å². The normalized spacial score (nSPS) is 11.6. The number of aliphatic hydroxyl groups excluding tert-OH is 1. The van der Waals surface area contributed by atoms with Gasteiger partial charge in [-0.15, -0.1) is 0 Å². The van der Waals surface area contributed by atoms with Crippen LogP contribution in [-0.4, -0.2) is 22.7 Å². The predicted octanol–water partition coefficient (Wildman–Crippen LogP) is 2.69. The number of hydrogen-bond donors (Lipinski definition) is 3. The van der Waals surface area contributed by atoms with Crippen molar-refractivity contribution in [2.45, 2.75) is 25.9 Å². The Balaban J connectivity index is 1.93. The Morgan fingerprint density at radius 3 is 2.52 bits per heavy atom. The van der Waals surface area contributed by atoms with Crippen molar-refractivity contribution in [3.63, 3.8) is 0 Å². The maximum atomic E-state index is 12.0. The zero-order valence-electron chi connectivity index (χ0n) is 13.9. The van der Waals surface area contributed by atoms with Gasteiger partial charge in [-0.05, 0) is 23.1 Å². The maximum Gasteiger partial charge on any atom is 0.315 e. The van der Waals surface area contributed by atoms with Gasteiger partial charge >= 0.3 is 6.03 Å². The summed E-state index contributed by atoms with van der Waals surface area (Å²) in [6.07, 6.45) is 0.918. The number of carbonyl (C=O) groups is 1. The second kappa shape index (κ2) is 8.79. The summed E-state index contributed by atoms with van der Waals surface area (Å²) >= 11 is 0. The fourth-order valence-corrected chi connectivity index (χ4v) is 2.39. The lowest BCUT2D eigenvalue weighted by molar-refractivity contribution is -0.384. The van der Waals surface area contributed by atoms with Gasteiger partial charge in [0.2, 0.25) is 0 Å². The molecule has 1 unspecified atom stereocenters. The van der Waals surface area contributed by atoms with E-state index in [0.29, 0.717) is 5.56 Å². The van der Waals surface area contributed by atoms with E-state index in [2.05, 4.69) is 17.6 Å². The smallest absolute Gasteiger partial charge is 0.315 e. The first kappa shape index (κ1) is 18.4. The van der Waals surface area contributed by atoms with Crippen LogP contribution in [-0.2, 0) is 13.0 Å². The third kappa shape index (κ3) is 5.29. The number of amides is 2. The quantitative estimate of drug-likeness (QED) is 0.531. The molecule has 0 radical (unpaired) electrons. The second-order valence-electron chi connectivity index (χ2n) is 5.58. The van der Waals surface area contributed by atoms with Crippen LogP contribution < -0.4 is 10.6 Å². The van der Waals surface area contributed by atoms with Gasteiger partial charge in [0.05, 0.1) is 17.6 Å². The van der Waals surface area contributed by atoms with Crippen molar-refractivity contribution in [1.29, 1.82) is 0 Å². The summed E-state index contributed by atoms with van der Waals surface area (Å²) in [7, 11) is 0. The van der Waals surface area contributed by atoms with E-state index in [1.54, 1.807) is 12.1 Å². The van der Waals surface area contributed by atoms with Crippen molar-refractivity contribution >= 4 is 11.7 Å². The lowest BCUT2D eigenvalue weighted by Gasteiger charge is -2.17. The monoisotopic (exact) mass is 343 g/mol. The molecule has 25 heavy (non-hydrogen) atoms. The van der Waals surface area contributed by atoms with Crippen LogP contribution in [0.4, 0.5) is 10.5 Å². The molecule has 0 aromatic heterocycles. The topological polar surface area (TPSA) is 104 Å². The van der Waals surface area contributed by atoms with Gasteiger partial charge in [-0.2, -0.15) is 0 Å². The van der Waals surface area contributed by atoms with Crippen molar-refractivity contribution in [2.75, 3.05) is 6.61 Å². The Morgan fingerprint density at radius 2 is 1.92 bits per heavy atom. The van der Waals surface area contributed by atoms with Crippen LogP contribution in [0.3, 0.4) is 0 Å². The number of aryl methyl sites for hydroxylation is 1. The molecule has 0 aliphatic carbocycles. The molecular weight excluding hydrogens is 322 g/mol. The van der Waals surface area contributed by atoms with Gasteiger partial charge in [0.15, 0.2) is 0 Å². The van der Waals surface area contributed by atoms with E-state index in [1.165, 1.54) is 17.7 Å². The summed E-state index contributed by atoms with van der Waals surface area (Å²) in [5.74, 6) is 0. The molecule has 7 heteroatoms. The number of urea groups is 1. The largest absolute Gasteiger partial charge is 0.394 e. The average molecular weight is 343 g/mol. The summed E-state index contributed by atoms with van der Waals surface area (Å²) < 4.78 is 0. The van der Waals surface area contributed by atoms with Crippen LogP contribution in [0.1, 0.15) is 29.7 Å². The third-order valence-electron chi connectivity index (χ3n) is 3.85. The lowest BCUT2D eigenvalue weighted by atomic mass is 10.0. The Kier molecular flexibility index (Phi) is 6.47. The van der Waals surface area contributed by atoms with E-state index in [1.807, 2.05) is 24.3 Å². The van der Waals surface area contributed by atoms with E-state index >= 15 is 0 Å². The minimum Gasteiger partial charge on any atom is -0.394 e. The highest BCUT2D eigenvalue weighted by atomic mass is 16.6. The first-order valence-corrected chi connectivity index (χ1v) is 8.01. The predicted molar refractivity (Wildman–Crippen MR) is 94.1 cm³/mol. The number of non-ortho nitro benzene ring substituents is 1. The molecule has 0 fully saturated rings. The van der Waals surface area contributed by atoms with E-state index in [0.717, 1.165) is 12.0 Å². The number of rotatable bonds is 7. The molecular formula is C18H21N3O4. The van der Waals surface area contributed by atoms with Crippen molar-refractivity contribution in [3.05, 3.63) is 75.3 Å². The van der Waals surface area contributed by atoms with E-state index < -0.39 is 17.0 Å². The number of nitro groups is 1. The molecule has 2 aromatic rings. The molecule has 2 rings (SSSR count). The second-order valence-corrected chi connectivity index (χ2v) is 5.58. The number of aliphatic hydroxyl groups is 1. The Hall–Kier alpha value is -2.93. The van der Waals surface area contributed by atoms with Crippen molar-refractivity contribution < 1.29 is 14.8 Å². The highest BCUT2D eigenvalue weighted by Gasteiger charge is 2.14. The van der Waals surface area contributed by atoms with E-state index in [9.17, 15) is 20.0 Å². The van der Waals surface area contributed by atoms with Gasteiger partial charge in [-0.3, -0.25) is 10.1 Å². The minimum absolute atomic E-state index is 0.0241. The molecule has 1 atom stereocenters. The van der Waals surface area contributed by atoms with Crippen molar-refractivity contribution in [3.8, 4) is 0 Å². The number of nitrogens with zero attached hydrogens (tertiary/aromatic N) is 1. The number of benzene rings is 2. The molecule has 2 amide bonds. The number of hydrogen-bond acceptors (Lipinski definition) is 4. The Morgan fingerprint density at radius 1 is 1.20 bits per heavy atom. The Bertz CT molecular complexity index is 731. The molecule has 0 bridgehead atoms. The van der Waals surface area contributed by atoms with Crippen LogP contribution >= 0.6 is 0 Å². The fraction of sp³-hybridized carbons (Fsp3) is 0.278. The molecule has 0 saturated heterocycles. The average Bonchev–Trinajstić information content (AvgIpc) is 2.64. The summed E-state index contributed by atoms with van der Waals surface area (Å²) in [6, 6.07) is 12.8. The van der Waals surface area contributed by atoms with Gasteiger partial charge < -0.3 is 15.7 Å².